The first-order valence-electron chi connectivity index (χ1n) is 8.58. The van der Waals surface area contributed by atoms with Crippen LogP contribution in [0, 0.1) is 0 Å². The van der Waals surface area contributed by atoms with Crippen molar-refractivity contribution in [2.45, 2.75) is 37.4 Å². The molecular formula is C18H19N5OS2. The van der Waals surface area contributed by atoms with Crippen LogP contribution in [0.25, 0.3) is 10.2 Å². The maximum Gasteiger partial charge on any atom is 0.230 e. The number of aromatic nitrogens is 3. The number of hydrogen-bond donors (Lipinski definition) is 2. The SMILES string of the molecule is Nc1nc(SCC(=O)NCc2ccccn2)nc2sc3c(c12)CCCC3. The van der Waals surface area contributed by atoms with Crippen molar-refractivity contribution in [3.05, 3.63) is 40.5 Å². The van der Waals surface area contributed by atoms with Crippen molar-refractivity contribution in [2.75, 3.05) is 11.5 Å². The summed E-state index contributed by atoms with van der Waals surface area (Å²) in [5.74, 6) is 0.710. The van der Waals surface area contributed by atoms with Gasteiger partial charge in [-0.3, -0.25) is 9.78 Å². The maximum atomic E-state index is 12.1. The quantitative estimate of drug-likeness (QED) is 0.518. The molecule has 8 heteroatoms. The number of thioether (sulfide) groups is 1. The number of carbonyl (C=O) groups is 1. The Bertz CT molecular complexity index is 942. The third kappa shape index (κ3) is 3.66. The lowest BCUT2D eigenvalue weighted by molar-refractivity contribution is -0.118. The highest BCUT2D eigenvalue weighted by Crippen LogP contribution is 2.38. The van der Waals surface area contributed by atoms with Gasteiger partial charge in [0.25, 0.3) is 0 Å². The fraction of sp³-hybridized carbons (Fsp3) is 0.333. The zero-order chi connectivity index (χ0) is 17.9. The fourth-order valence-electron chi connectivity index (χ4n) is 3.10. The van der Waals surface area contributed by atoms with Crippen molar-refractivity contribution >= 4 is 45.0 Å². The van der Waals surface area contributed by atoms with Crippen LogP contribution in [0.4, 0.5) is 5.82 Å². The van der Waals surface area contributed by atoms with E-state index >= 15 is 0 Å². The van der Waals surface area contributed by atoms with E-state index in [1.165, 1.54) is 35.0 Å². The number of carbonyl (C=O) groups excluding carboxylic acids is 1. The minimum atomic E-state index is -0.0756. The molecule has 0 atom stereocenters. The van der Waals surface area contributed by atoms with Crippen molar-refractivity contribution in [3.63, 3.8) is 0 Å². The highest BCUT2D eigenvalue weighted by Gasteiger charge is 2.20. The van der Waals surface area contributed by atoms with Crippen LogP contribution >= 0.6 is 23.1 Å². The minimum absolute atomic E-state index is 0.0756. The van der Waals surface area contributed by atoms with Crippen LogP contribution in [0.5, 0.6) is 0 Å². The predicted molar refractivity (Wildman–Crippen MR) is 105 cm³/mol. The normalized spacial score (nSPS) is 13.5. The Hall–Kier alpha value is -2.19. The molecule has 4 rings (SSSR count). The third-order valence-electron chi connectivity index (χ3n) is 4.35. The number of nitrogens with zero attached hydrogens (tertiary/aromatic N) is 3. The molecule has 0 unspecified atom stereocenters. The molecule has 0 saturated heterocycles. The monoisotopic (exact) mass is 385 g/mol. The Morgan fingerprint density at radius 1 is 1.27 bits per heavy atom. The van der Waals surface area contributed by atoms with Crippen LogP contribution in [-0.4, -0.2) is 26.6 Å². The second kappa shape index (κ2) is 7.59. The minimum Gasteiger partial charge on any atom is -0.383 e. The van der Waals surface area contributed by atoms with Gasteiger partial charge in [-0.25, -0.2) is 9.97 Å². The molecule has 0 spiro atoms. The number of fused-ring (bicyclic) bond motifs is 3. The second-order valence-corrected chi connectivity index (χ2v) is 8.20. The number of aryl methyl sites for hydroxylation is 2. The van der Waals surface area contributed by atoms with E-state index in [2.05, 4.69) is 20.3 Å². The van der Waals surface area contributed by atoms with Gasteiger partial charge in [-0.2, -0.15) is 0 Å². The number of hydrogen-bond acceptors (Lipinski definition) is 7. The van der Waals surface area contributed by atoms with Crippen LogP contribution in [0.2, 0.25) is 0 Å². The van der Waals surface area contributed by atoms with Crippen LogP contribution in [-0.2, 0) is 24.2 Å². The van der Waals surface area contributed by atoms with E-state index in [0.717, 1.165) is 28.8 Å². The topological polar surface area (TPSA) is 93.8 Å². The molecule has 1 aliphatic carbocycles. The molecule has 0 aliphatic heterocycles. The van der Waals surface area contributed by atoms with Crippen LogP contribution in [0.15, 0.2) is 29.6 Å². The number of amides is 1. The average molecular weight is 386 g/mol. The van der Waals surface area contributed by atoms with Gasteiger partial charge in [0.1, 0.15) is 10.6 Å². The average Bonchev–Trinajstić information content (AvgIpc) is 3.04. The van der Waals surface area contributed by atoms with Gasteiger partial charge in [0.05, 0.1) is 23.4 Å². The molecule has 134 valence electrons. The van der Waals surface area contributed by atoms with Crippen LogP contribution < -0.4 is 11.1 Å². The third-order valence-corrected chi connectivity index (χ3v) is 6.38. The molecule has 1 amide bonds. The Kier molecular flexibility index (Phi) is 5.03. The van der Waals surface area contributed by atoms with E-state index in [9.17, 15) is 4.79 Å². The summed E-state index contributed by atoms with van der Waals surface area (Å²) in [4.78, 5) is 27.6. The molecule has 0 radical (unpaired) electrons. The Morgan fingerprint density at radius 2 is 2.15 bits per heavy atom. The summed E-state index contributed by atoms with van der Waals surface area (Å²) >= 11 is 3.03. The number of nitrogens with two attached hydrogens (primary N) is 1. The van der Waals surface area contributed by atoms with Crippen LogP contribution in [0.3, 0.4) is 0 Å². The smallest absolute Gasteiger partial charge is 0.230 e. The number of nitrogens with one attached hydrogen (secondary N) is 1. The number of rotatable bonds is 5. The van der Waals surface area contributed by atoms with Gasteiger partial charge in [-0.05, 0) is 43.4 Å². The van der Waals surface area contributed by atoms with E-state index < -0.39 is 0 Å². The van der Waals surface area contributed by atoms with Crippen molar-refractivity contribution in [1.82, 2.24) is 20.3 Å². The lowest BCUT2D eigenvalue weighted by atomic mass is 9.97. The zero-order valence-corrected chi connectivity index (χ0v) is 15.8. The van der Waals surface area contributed by atoms with E-state index in [-0.39, 0.29) is 11.7 Å². The van der Waals surface area contributed by atoms with Gasteiger partial charge >= 0.3 is 0 Å². The van der Waals surface area contributed by atoms with Crippen molar-refractivity contribution in [1.29, 1.82) is 0 Å². The summed E-state index contributed by atoms with van der Waals surface area (Å²) in [7, 11) is 0. The first-order valence-corrected chi connectivity index (χ1v) is 10.4. The highest BCUT2D eigenvalue weighted by molar-refractivity contribution is 7.99. The molecule has 3 N–H and O–H groups in total. The Balaban J connectivity index is 1.42. The van der Waals surface area contributed by atoms with E-state index in [0.29, 0.717) is 17.5 Å². The number of pyridine rings is 1. The molecule has 6 nitrogen and oxygen atoms in total. The first kappa shape index (κ1) is 17.2. The van der Waals surface area contributed by atoms with Crippen molar-refractivity contribution in [3.8, 4) is 0 Å². The zero-order valence-electron chi connectivity index (χ0n) is 14.2. The van der Waals surface area contributed by atoms with Gasteiger partial charge in [-0.15, -0.1) is 11.3 Å². The maximum absolute atomic E-state index is 12.1. The number of thiophene rings is 1. The summed E-state index contributed by atoms with van der Waals surface area (Å²) in [5.41, 5.74) is 8.36. The van der Waals surface area contributed by atoms with Crippen molar-refractivity contribution in [2.24, 2.45) is 0 Å². The van der Waals surface area contributed by atoms with Crippen molar-refractivity contribution < 1.29 is 4.79 Å². The molecule has 0 bridgehead atoms. The van der Waals surface area contributed by atoms with Gasteiger partial charge in [-0.1, -0.05) is 17.8 Å². The largest absolute Gasteiger partial charge is 0.383 e. The lowest BCUT2D eigenvalue weighted by Gasteiger charge is -2.10. The summed E-state index contributed by atoms with van der Waals surface area (Å²) < 4.78 is 0. The molecule has 1 aliphatic rings. The van der Waals surface area contributed by atoms with Crippen LogP contribution in [0.1, 0.15) is 29.0 Å². The molecule has 3 aromatic heterocycles. The highest BCUT2D eigenvalue weighted by atomic mass is 32.2. The van der Waals surface area contributed by atoms with E-state index in [1.54, 1.807) is 17.5 Å². The van der Waals surface area contributed by atoms with E-state index in [1.807, 2.05) is 18.2 Å². The van der Waals surface area contributed by atoms with Gasteiger partial charge < -0.3 is 11.1 Å². The lowest BCUT2D eigenvalue weighted by Crippen LogP contribution is -2.25. The molecule has 0 aromatic carbocycles. The summed E-state index contributed by atoms with van der Waals surface area (Å²) in [6, 6.07) is 5.63. The Morgan fingerprint density at radius 3 is 3.00 bits per heavy atom. The molecule has 3 heterocycles. The van der Waals surface area contributed by atoms with Gasteiger partial charge in [0, 0.05) is 11.1 Å². The molecule has 3 aromatic rings. The molecule has 26 heavy (non-hydrogen) atoms. The molecule has 0 saturated carbocycles. The summed E-state index contributed by atoms with van der Waals surface area (Å²) in [5, 5.41) is 4.43. The summed E-state index contributed by atoms with van der Waals surface area (Å²) in [6.07, 6.45) is 6.30. The second-order valence-electron chi connectivity index (χ2n) is 6.17. The van der Waals surface area contributed by atoms with Gasteiger partial charge in [0.15, 0.2) is 5.16 Å². The molecular weight excluding hydrogens is 366 g/mol. The van der Waals surface area contributed by atoms with Gasteiger partial charge in [0.2, 0.25) is 5.91 Å². The predicted octanol–water partition coefficient (Wildman–Crippen LogP) is 2.96. The number of anilines is 1. The number of nitrogen functional groups attached to an aromatic ring is 1. The van der Waals surface area contributed by atoms with E-state index in [4.69, 9.17) is 5.73 Å². The fourth-order valence-corrected chi connectivity index (χ4v) is 5.11. The standard InChI is InChI=1S/C18H19N5OS2/c19-16-15-12-6-1-2-7-13(12)26-17(15)23-18(22-16)25-10-14(24)21-9-11-5-3-4-8-20-11/h3-5,8H,1-2,6-7,9-10H2,(H,21,24)(H2,19,22,23). The molecule has 0 fully saturated rings. The summed E-state index contributed by atoms with van der Waals surface area (Å²) in [6.45, 7) is 0.417. The first-order chi connectivity index (χ1) is 12.7. The Labute approximate surface area is 159 Å².